The molecule has 0 spiro atoms. The monoisotopic (exact) mass is 466 g/mol. The van der Waals surface area contributed by atoms with Crippen molar-refractivity contribution in [1.29, 1.82) is 0 Å². The van der Waals surface area contributed by atoms with Gasteiger partial charge in [0.2, 0.25) is 12.7 Å². The summed E-state index contributed by atoms with van der Waals surface area (Å²) in [4.78, 5) is 13.1. The molecule has 0 saturated heterocycles. The second-order valence-corrected chi connectivity index (χ2v) is 8.91. The van der Waals surface area contributed by atoms with Gasteiger partial charge in [0, 0.05) is 43.7 Å². The lowest BCUT2D eigenvalue weighted by Crippen LogP contribution is -2.33. The summed E-state index contributed by atoms with van der Waals surface area (Å²) < 4.78 is 19.1. The van der Waals surface area contributed by atoms with Gasteiger partial charge >= 0.3 is 0 Å². The van der Waals surface area contributed by atoms with Crippen LogP contribution < -0.4 is 14.8 Å². The number of carbonyl (C=O) groups is 1. The number of rotatable bonds is 5. The smallest absolute Gasteiger partial charge is 0.244 e. The number of aromatic nitrogens is 1. The van der Waals surface area contributed by atoms with Gasteiger partial charge in [0.05, 0.1) is 23.4 Å². The second kappa shape index (κ2) is 8.64. The maximum absolute atomic E-state index is 13.1. The van der Waals surface area contributed by atoms with Gasteiger partial charge in [0.25, 0.3) is 0 Å². The average molecular weight is 467 g/mol. The minimum Gasteiger partial charge on any atom is -0.454 e. The number of methoxy groups -OCH3 is 1. The fourth-order valence-corrected chi connectivity index (χ4v) is 5.28. The van der Waals surface area contributed by atoms with Crippen LogP contribution in [0.25, 0.3) is 28.2 Å². The van der Waals surface area contributed by atoms with Crippen LogP contribution in [0.1, 0.15) is 22.7 Å². The van der Waals surface area contributed by atoms with Gasteiger partial charge in [-0.25, -0.2) is 0 Å². The first-order valence-electron chi connectivity index (χ1n) is 11.7. The van der Waals surface area contributed by atoms with Crippen molar-refractivity contribution in [3.63, 3.8) is 0 Å². The van der Waals surface area contributed by atoms with Crippen LogP contribution in [-0.4, -0.2) is 30.5 Å². The van der Waals surface area contributed by atoms with Crippen molar-refractivity contribution in [3.8, 4) is 22.8 Å². The molecule has 4 aromatic rings. The van der Waals surface area contributed by atoms with Crippen molar-refractivity contribution < 1.29 is 19.0 Å². The SMILES string of the molecule is CO[C@H]1Cc2ccccc2[C@H]1NC(=O)/C=C/c1c(-c2ccccc2)n(C)c2cc3c(cc12)OCO3. The van der Waals surface area contributed by atoms with E-state index in [9.17, 15) is 4.79 Å². The summed E-state index contributed by atoms with van der Waals surface area (Å²) in [5.41, 5.74) is 6.38. The zero-order valence-corrected chi connectivity index (χ0v) is 19.7. The molecular formula is C29H26N2O4. The lowest BCUT2D eigenvalue weighted by atomic mass is 10.0. The Morgan fingerprint density at radius 2 is 1.80 bits per heavy atom. The third-order valence-corrected chi connectivity index (χ3v) is 6.97. The van der Waals surface area contributed by atoms with Crippen LogP contribution in [0.2, 0.25) is 0 Å². The summed E-state index contributed by atoms with van der Waals surface area (Å²) in [5, 5.41) is 4.16. The first-order valence-corrected chi connectivity index (χ1v) is 11.7. The highest BCUT2D eigenvalue weighted by Gasteiger charge is 2.33. The Kier molecular flexibility index (Phi) is 5.30. The Bertz CT molecular complexity index is 1450. The number of ether oxygens (including phenoxy) is 3. The van der Waals surface area contributed by atoms with Crippen LogP contribution in [0.15, 0.2) is 72.8 Å². The van der Waals surface area contributed by atoms with Crippen LogP contribution in [0.3, 0.4) is 0 Å². The number of nitrogens with one attached hydrogen (secondary N) is 1. The van der Waals surface area contributed by atoms with E-state index in [2.05, 4.69) is 34.1 Å². The van der Waals surface area contributed by atoms with Crippen LogP contribution in [0, 0.1) is 0 Å². The van der Waals surface area contributed by atoms with Crippen molar-refractivity contribution in [2.75, 3.05) is 13.9 Å². The molecule has 176 valence electrons. The Morgan fingerprint density at radius 3 is 2.60 bits per heavy atom. The molecule has 2 heterocycles. The van der Waals surface area contributed by atoms with Crippen LogP contribution in [0.5, 0.6) is 11.5 Å². The molecule has 1 aliphatic heterocycles. The van der Waals surface area contributed by atoms with Crippen LogP contribution in [-0.2, 0) is 23.0 Å². The van der Waals surface area contributed by atoms with Gasteiger partial charge in [0.15, 0.2) is 11.5 Å². The van der Waals surface area contributed by atoms with Gasteiger partial charge in [-0.2, -0.15) is 0 Å². The third-order valence-electron chi connectivity index (χ3n) is 6.97. The summed E-state index contributed by atoms with van der Waals surface area (Å²) >= 11 is 0. The molecule has 35 heavy (non-hydrogen) atoms. The van der Waals surface area contributed by atoms with Crippen molar-refractivity contribution in [2.24, 2.45) is 7.05 Å². The number of hydrogen-bond acceptors (Lipinski definition) is 4. The number of amides is 1. The first-order chi connectivity index (χ1) is 17.1. The second-order valence-electron chi connectivity index (χ2n) is 8.91. The minimum absolute atomic E-state index is 0.0816. The molecule has 0 fully saturated rings. The van der Waals surface area contributed by atoms with E-state index in [1.54, 1.807) is 13.2 Å². The highest BCUT2D eigenvalue weighted by Crippen LogP contribution is 2.42. The number of nitrogens with zero attached hydrogens (tertiary/aromatic N) is 1. The van der Waals surface area contributed by atoms with Crippen molar-refractivity contribution in [3.05, 3.63) is 89.5 Å². The van der Waals surface area contributed by atoms with Gasteiger partial charge in [-0.05, 0) is 28.8 Å². The highest BCUT2D eigenvalue weighted by atomic mass is 16.7. The maximum atomic E-state index is 13.1. The summed E-state index contributed by atoms with van der Waals surface area (Å²) in [6.45, 7) is 0.217. The van der Waals surface area contributed by atoms with Gasteiger partial charge in [-0.15, -0.1) is 0 Å². The first kappa shape index (κ1) is 21.5. The minimum atomic E-state index is -0.178. The molecule has 6 rings (SSSR count). The summed E-state index contributed by atoms with van der Waals surface area (Å²) in [7, 11) is 3.72. The standard InChI is InChI=1S/C29H26N2O4/c1-31-23-16-25-24(34-17-35-25)15-22(23)21(29(31)18-8-4-3-5-9-18)12-13-27(32)30-28-20-11-7-6-10-19(20)14-26(28)33-2/h3-13,15-16,26,28H,14,17H2,1-2H3,(H,30,32)/b13-12+/t26-,28+/m0/s1. The number of carbonyl (C=O) groups excluding carboxylic acids is 1. The van der Waals surface area contributed by atoms with E-state index in [-0.39, 0.29) is 24.8 Å². The number of benzene rings is 3. The predicted molar refractivity (Wildman–Crippen MR) is 135 cm³/mol. The van der Waals surface area contributed by atoms with E-state index in [1.807, 2.05) is 55.6 Å². The molecule has 3 aromatic carbocycles. The van der Waals surface area contributed by atoms with Crippen molar-refractivity contribution in [2.45, 2.75) is 18.6 Å². The molecule has 2 atom stereocenters. The molecule has 6 heteroatoms. The van der Waals surface area contributed by atoms with Gasteiger partial charge in [-0.3, -0.25) is 4.79 Å². The zero-order valence-electron chi connectivity index (χ0n) is 19.7. The van der Waals surface area contributed by atoms with Crippen LogP contribution >= 0.6 is 0 Å². The van der Waals surface area contributed by atoms with Crippen molar-refractivity contribution in [1.82, 2.24) is 9.88 Å². The maximum Gasteiger partial charge on any atom is 0.244 e. The molecule has 0 unspecified atom stereocenters. The van der Waals surface area contributed by atoms with E-state index in [0.717, 1.165) is 45.5 Å². The molecule has 0 saturated carbocycles. The molecule has 0 bridgehead atoms. The third kappa shape index (κ3) is 3.67. The Labute approximate surface area is 203 Å². The summed E-state index contributed by atoms with van der Waals surface area (Å²) in [6, 6.07) is 22.2. The van der Waals surface area contributed by atoms with Crippen LogP contribution in [0.4, 0.5) is 0 Å². The van der Waals surface area contributed by atoms with E-state index < -0.39 is 0 Å². The number of aryl methyl sites for hydroxylation is 1. The molecule has 6 nitrogen and oxygen atoms in total. The normalized spacial score (nSPS) is 18.3. The summed E-state index contributed by atoms with van der Waals surface area (Å²) in [5.74, 6) is 1.29. The van der Waals surface area contributed by atoms with E-state index in [1.165, 1.54) is 5.56 Å². The number of hydrogen-bond donors (Lipinski definition) is 1. The zero-order chi connectivity index (χ0) is 23.9. The van der Waals surface area contributed by atoms with Crippen molar-refractivity contribution >= 4 is 22.9 Å². The Balaban J connectivity index is 1.38. The topological polar surface area (TPSA) is 61.7 Å². The highest BCUT2D eigenvalue weighted by molar-refractivity contribution is 6.02. The molecule has 0 radical (unpaired) electrons. The molecule has 2 aliphatic rings. The number of fused-ring (bicyclic) bond motifs is 3. The van der Waals surface area contributed by atoms with E-state index in [4.69, 9.17) is 14.2 Å². The van der Waals surface area contributed by atoms with Gasteiger partial charge < -0.3 is 24.1 Å². The molecule has 1 aliphatic carbocycles. The van der Waals surface area contributed by atoms with Gasteiger partial charge in [0.1, 0.15) is 0 Å². The summed E-state index contributed by atoms with van der Waals surface area (Å²) in [6.07, 6.45) is 4.21. The van der Waals surface area contributed by atoms with Gasteiger partial charge in [-0.1, -0.05) is 54.6 Å². The van der Waals surface area contributed by atoms with E-state index >= 15 is 0 Å². The lowest BCUT2D eigenvalue weighted by Gasteiger charge is -2.20. The Hall–Kier alpha value is -4.03. The lowest BCUT2D eigenvalue weighted by molar-refractivity contribution is -0.118. The molecule has 1 N–H and O–H groups in total. The average Bonchev–Trinajstić information content (AvgIpc) is 3.56. The Morgan fingerprint density at radius 1 is 1.06 bits per heavy atom. The molecule has 1 aromatic heterocycles. The quantitative estimate of drug-likeness (QED) is 0.420. The molecule has 1 amide bonds. The largest absolute Gasteiger partial charge is 0.454 e. The fourth-order valence-electron chi connectivity index (χ4n) is 5.28. The fraction of sp³-hybridized carbons (Fsp3) is 0.207. The van der Waals surface area contributed by atoms with E-state index in [0.29, 0.717) is 5.75 Å². The molecular weight excluding hydrogens is 440 g/mol. The predicted octanol–water partition coefficient (Wildman–Crippen LogP) is 5.02.